The Labute approximate surface area is 133 Å². The van der Waals surface area contributed by atoms with Gasteiger partial charge < -0.3 is 10.7 Å². The average Bonchev–Trinajstić information content (AvgIpc) is 2.89. The van der Waals surface area contributed by atoms with Crippen LogP contribution in [0.15, 0.2) is 29.4 Å². The second-order valence-electron chi connectivity index (χ2n) is 4.72. The predicted octanol–water partition coefficient (Wildman–Crippen LogP) is 3.73. The van der Waals surface area contributed by atoms with Gasteiger partial charge in [0.15, 0.2) is 11.5 Å². The van der Waals surface area contributed by atoms with Gasteiger partial charge in [0.2, 0.25) is 0 Å². The monoisotopic (exact) mass is 339 g/mol. The number of nitrogens with two attached hydrogens (primary N) is 1. The topological polar surface area (TPSA) is 80.5 Å². The maximum atomic E-state index is 12.7. The van der Waals surface area contributed by atoms with Crippen LogP contribution in [0.2, 0.25) is 0 Å². The van der Waals surface area contributed by atoms with Crippen molar-refractivity contribution in [3.05, 3.63) is 30.1 Å². The zero-order valence-corrected chi connectivity index (χ0v) is 12.8. The number of imidazole rings is 1. The molecule has 120 valence electrons. The van der Waals surface area contributed by atoms with Gasteiger partial charge in [-0.2, -0.15) is 13.2 Å². The Balaban J connectivity index is 2.11. The van der Waals surface area contributed by atoms with Gasteiger partial charge in [0.25, 0.3) is 0 Å². The molecule has 0 fully saturated rings. The second-order valence-corrected chi connectivity index (χ2v) is 6.03. The van der Waals surface area contributed by atoms with Crippen LogP contribution in [0.1, 0.15) is 12.5 Å². The van der Waals surface area contributed by atoms with E-state index in [-0.39, 0.29) is 11.2 Å². The summed E-state index contributed by atoms with van der Waals surface area (Å²) >= 11 is 1.53. The number of H-pyrrole nitrogens is 1. The molecule has 5 nitrogen and oxygen atoms in total. The standard InChI is InChI=1S/C14H12F3N5S/c1-2-23-10-4-8(18)6-19-11(10)13-21-9-3-7(14(15,16)17)5-20-12(9)22-13/h3-6H,2,18H2,1H3,(H,20,21,22). The van der Waals surface area contributed by atoms with Gasteiger partial charge in [0, 0.05) is 11.1 Å². The van der Waals surface area contributed by atoms with E-state index in [0.29, 0.717) is 17.2 Å². The highest BCUT2D eigenvalue weighted by Gasteiger charge is 2.31. The van der Waals surface area contributed by atoms with Crippen molar-refractivity contribution in [2.24, 2.45) is 0 Å². The van der Waals surface area contributed by atoms with Crippen LogP contribution < -0.4 is 5.73 Å². The number of aromatic amines is 1. The Morgan fingerprint density at radius 1 is 1.22 bits per heavy atom. The number of pyridine rings is 2. The first-order valence-electron chi connectivity index (χ1n) is 6.70. The minimum Gasteiger partial charge on any atom is -0.397 e. The van der Waals surface area contributed by atoms with Gasteiger partial charge in [0.05, 0.1) is 17.4 Å². The summed E-state index contributed by atoms with van der Waals surface area (Å²) in [4.78, 5) is 15.9. The lowest BCUT2D eigenvalue weighted by Gasteiger charge is -2.05. The van der Waals surface area contributed by atoms with Crippen molar-refractivity contribution >= 4 is 28.6 Å². The van der Waals surface area contributed by atoms with Crippen LogP contribution in [0.25, 0.3) is 22.7 Å². The number of hydrogen-bond donors (Lipinski definition) is 2. The summed E-state index contributed by atoms with van der Waals surface area (Å²) in [6, 6.07) is 2.73. The number of rotatable bonds is 3. The number of alkyl halides is 3. The fraction of sp³-hybridized carbons (Fsp3) is 0.214. The Kier molecular flexibility index (Phi) is 3.88. The van der Waals surface area contributed by atoms with E-state index in [1.807, 2.05) is 6.92 Å². The summed E-state index contributed by atoms with van der Waals surface area (Å²) in [7, 11) is 0. The number of nitrogens with one attached hydrogen (secondary N) is 1. The van der Waals surface area contributed by atoms with E-state index in [1.165, 1.54) is 18.0 Å². The minimum atomic E-state index is -4.46. The highest BCUT2D eigenvalue weighted by Crippen LogP contribution is 2.32. The van der Waals surface area contributed by atoms with Crippen molar-refractivity contribution in [2.75, 3.05) is 11.5 Å². The fourth-order valence-electron chi connectivity index (χ4n) is 2.07. The first-order chi connectivity index (χ1) is 10.9. The van der Waals surface area contributed by atoms with Crippen LogP contribution in [0.4, 0.5) is 18.9 Å². The molecule has 3 rings (SSSR count). The molecule has 0 aliphatic rings. The molecule has 0 unspecified atom stereocenters. The van der Waals surface area contributed by atoms with Crippen LogP contribution >= 0.6 is 11.8 Å². The molecule has 0 atom stereocenters. The van der Waals surface area contributed by atoms with E-state index in [0.717, 1.165) is 22.9 Å². The number of anilines is 1. The Morgan fingerprint density at radius 3 is 2.70 bits per heavy atom. The Hall–Kier alpha value is -2.29. The molecule has 0 saturated heterocycles. The molecule has 0 radical (unpaired) electrons. The summed E-state index contributed by atoms with van der Waals surface area (Å²) in [5, 5.41) is 0. The van der Waals surface area contributed by atoms with Gasteiger partial charge in [-0.3, -0.25) is 0 Å². The van der Waals surface area contributed by atoms with Crippen LogP contribution in [-0.4, -0.2) is 25.7 Å². The molecule has 0 bridgehead atoms. The van der Waals surface area contributed by atoms with Gasteiger partial charge in [-0.05, 0) is 17.9 Å². The van der Waals surface area contributed by atoms with Crippen molar-refractivity contribution in [2.45, 2.75) is 18.0 Å². The maximum absolute atomic E-state index is 12.7. The van der Waals surface area contributed by atoms with Gasteiger partial charge in [-0.1, -0.05) is 6.92 Å². The SMILES string of the molecule is CCSc1cc(N)cnc1-c1nc2cc(C(F)(F)F)cnc2[nH]1. The lowest BCUT2D eigenvalue weighted by atomic mass is 10.2. The molecule has 3 heterocycles. The van der Waals surface area contributed by atoms with Gasteiger partial charge >= 0.3 is 6.18 Å². The van der Waals surface area contributed by atoms with Gasteiger partial charge in [-0.15, -0.1) is 11.8 Å². The van der Waals surface area contributed by atoms with E-state index >= 15 is 0 Å². The molecule has 3 N–H and O–H groups in total. The van der Waals surface area contributed by atoms with Crippen molar-refractivity contribution in [1.82, 2.24) is 19.9 Å². The van der Waals surface area contributed by atoms with Crippen LogP contribution in [0, 0.1) is 0 Å². The number of hydrogen-bond acceptors (Lipinski definition) is 5. The molecule has 0 aliphatic heterocycles. The van der Waals surface area contributed by atoms with Crippen molar-refractivity contribution < 1.29 is 13.2 Å². The number of halogens is 3. The van der Waals surface area contributed by atoms with Gasteiger partial charge in [0.1, 0.15) is 11.2 Å². The number of nitrogens with zero attached hydrogens (tertiary/aromatic N) is 3. The largest absolute Gasteiger partial charge is 0.417 e. The molecular formula is C14H12F3N5S. The van der Waals surface area contributed by atoms with E-state index in [2.05, 4.69) is 19.9 Å². The number of fused-ring (bicyclic) bond motifs is 1. The summed E-state index contributed by atoms with van der Waals surface area (Å²) in [5.41, 5.74) is 6.37. The van der Waals surface area contributed by atoms with E-state index in [1.54, 1.807) is 6.07 Å². The molecule has 3 aromatic heterocycles. The molecule has 0 spiro atoms. The van der Waals surface area contributed by atoms with Crippen LogP contribution in [0.5, 0.6) is 0 Å². The molecule has 0 amide bonds. The van der Waals surface area contributed by atoms with E-state index < -0.39 is 11.7 Å². The first kappa shape index (κ1) is 15.6. The zero-order valence-electron chi connectivity index (χ0n) is 12.0. The highest BCUT2D eigenvalue weighted by atomic mass is 32.2. The van der Waals surface area contributed by atoms with Crippen LogP contribution in [-0.2, 0) is 6.18 Å². The molecule has 0 aliphatic carbocycles. The normalized spacial score (nSPS) is 12.0. The van der Waals surface area contributed by atoms with Crippen molar-refractivity contribution in [3.8, 4) is 11.5 Å². The summed E-state index contributed by atoms with van der Waals surface area (Å²) in [6.45, 7) is 1.98. The third kappa shape index (κ3) is 3.09. The van der Waals surface area contributed by atoms with Crippen molar-refractivity contribution in [1.29, 1.82) is 0 Å². The van der Waals surface area contributed by atoms with E-state index in [9.17, 15) is 13.2 Å². The minimum absolute atomic E-state index is 0.140. The fourth-order valence-corrected chi connectivity index (χ4v) is 2.88. The smallest absolute Gasteiger partial charge is 0.397 e. The molecule has 0 aromatic carbocycles. The summed E-state index contributed by atoms with van der Waals surface area (Å²) in [6.07, 6.45) is -2.19. The van der Waals surface area contributed by atoms with Gasteiger partial charge in [-0.25, -0.2) is 15.0 Å². The van der Waals surface area contributed by atoms with Crippen molar-refractivity contribution in [3.63, 3.8) is 0 Å². The first-order valence-corrected chi connectivity index (χ1v) is 7.68. The molecular weight excluding hydrogens is 327 g/mol. The lowest BCUT2D eigenvalue weighted by molar-refractivity contribution is -0.137. The molecule has 0 saturated carbocycles. The van der Waals surface area contributed by atoms with Crippen LogP contribution in [0.3, 0.4) is 0 Å². The Bertz CT molecular complexity index is 859. The predicted molar refractivity (Wildman–Crippen MR) is 82.9 cm³/mol. The third-order valence-electron chi connectivity index (χ3n) is 3.06. The lowest BCUT2D eigenvalue weighted by Crippen LogP contribution is -2.05. The summed E-state index contributed by atoms with van der Waals surface area (Å²) in [5.74, 6) is 1.16. The zero-order chi connectivity index (χ0) is 16.6. The number of nitrogen functional groups attached to an aromatic ring is 1. The second kappa shape index (κ2) is 5.73. The number of thioether (sulfide) groups is 1. The maximum Gasteiger partial charge on any atom is 0.417 e. The quantitative estimate of drug-likeness (QED) is 0.711. The highest BCUT2D eigenvalue weighted by molar-refractivity contribution is 7.99. The Morgan fingerprint density at radius 2 is 2.00 bits per heavy atom. The molecule has 23 heavy (non-hydrogen) atoms. The average molecular weight is 339 g/mol. The number of aromatic nitrogens is 4. The van der Waals surface area contributed by atoms with E-state index in [4.69, 9.17) is 5.73 Å². The third-order valence-corrected chi connectivity index (χ3v) is 3.97. The molecule has 9 heteroatoms. The molecule has 3 aromatic rings. The summed E-state index contributed by atoms with van der Waals surface area (Å²) < 4.78 is 38.2.